The number of likely N-dealkylation sites (N-methyl/N-ethyl adjacent to an activating group) is 1. The van der Waals surface area contributed by atoms with Gasteiger partial charge in [-0.3, -0.25) is 14.5 Å². The molecule has 0 saturated heterocycles. The molecule has 1 saturated carbocycles. The van der Waals surface area contributed by atoms with Crippen molar-refractivity contribution in [2.24, 2.45) is 5.92 Å². The molecule has 0 aromatic heterocycles. The van der Waals surface area contributed by atoms with Crippen LogP contribution in [0.5, 0.6) is 0 Å². The van der Waals surface area contributed by atoms with Crippen LogP contribution < -0.4 is 0 Å². The Morgan fingerprint density at radius 2 is 1.80 bits per heavy atom. The number of alkyl halides is 3. The van der Waals surface area contributed by atoms with Crippen LogP contribution in [-0.2, 0) is 16.4 Å². The highest BCUT2D eigenvalue weighted by molar-refractivity contribution is 6.12. The summed E-state index contributed by atoms with van der Waals surface area (Å²) in [5.74, 6) is -0.642. The van der Waals surface area contributed by atoms with E-state index in [0.29, 0.717) is 12.3 Å². The van der Waals surface area contributed by atoms with E-state index in [1.165, 1.54) is 13.1 Å². The van der Waals surface area contributed by atoms with Crippen molar-refractivity contribution in [1.29, 1.82) is 0 Å². The first-order valence-corrected chi connectivity index (χ1v) is 8.69. The Hall–Kier alpha value is -1.85. The van der Waals surface area contributed by atoms with E-state index in [1.807, 2.05) is 0 Å². The molecule has 2 aliphatic rings. The Kier molecular flexibility index (Phi) is 4.41. The summed E-state index contributed by atoms with van der Waals surface area (Å²) >= 11 is 0. The average Bonchev–Trinajstić information content (AvgIpc) is 2.58. The summed E-state index contributed by atoms with van der Waals surface area (Å²) in [6.45, 7) is 1.69. The molecular formula is C19H22F3NO2. The maximum atomic E-state index is 13.2. The highest BCUT2D eigenvalue weighted by Gasteiger charge is 2.48. The predicted molar refractivity (Wildman–Crippen MR) is 87.1 cm³/mol. The van der Waals surface area contributed by atoms with E-state index in [0.717, 1.165) is 49.1 Å². The second-order valence-corrected chi connectivity index (χ2v) is 7.47. The minimum atomic E-state index is -4.50. The number of hydrogen-bond donors (Lipinski definition) is 0. The topological polar surface area (TPSA) is 37.4 Å². The van der Waals surface area contributed by atoms with E-state index in [9.17, 15) is 22.8 Å². The number of halogens is 3. The third kappa shape index (κ3) is 3.07. The average molecular weight is 353 g/mol. The molecule has 25 heavy (non-hydrogen) atoms. The van der Waals surface area contributed by atoms with Crippen molar-refractivity contribution in [3.63, 3.8) is 0 Å². The van der Waals surface area contributed by atoms with Gasteiger partial charge < -0.3 is 0 Å². The Balaban J connectivity index is 2.09. The van der Waals surface area contributed by atoms with Crippen molar-refractivity contribution in [3.05, 3.63) is 34.9 Å². The van der Waals surface area contributed by atoms with E-state index >= 15 is 0 Å². The zero-order valence-corrected chi connectivity index (χ0v) is 14.4. The van der Waals surface area contributed by atoms with E-state index in [-0.39, 0.29) is 11.1 Å². The van der Waals surface area contributed by atoms with Crippen molar-refractivity contribution in [2.45, 2.75) is 57.0 Å². The molecule has 0 spiro atoms. The fourth-order valence-electron chi connectivity index (χ4n) is 4.29. The van der Waals surface area contributed by atoms with Gasteiger partial charge in [0, 0.05) is 12.6 Å². The second-order valence-electron chi connectivity index (χ2n) is 7.47. The van der Waals surface area contributed by atoms with Crippen molar-refractivity contribution in [1.82, 2.24) is 4.90 Å². The number of carbonyl (C=O) groups excluding carboxylic acids is 2. The van der Waals surface area contributed by atoms with Gasteiger partial charge in [-0.15, -0.1) is 0 Å². The molecule has 1 atom stereocenters. The van der Waals surface area contributed by atoms with Crippen LogP contribution in [0.25, 0.3) is 0 Å². The Labute approximate surface area is 145 Å². The summed E-state index contributed by atoms with van der Waals surface area (Å²) in [5.41, 5.74) is -1.48. The molecule has 0 radical (unpaired) electrons. The van der Waals surface area contributed by atoms with E-state index < -0.39 is 29.0 Å². The molecule has 1 aromatic rings. The molecule has 0 bridgehead atoms. The molecule has 1 fully saturated rings. The summed E-state index contributed by atoms with van der Waals surface area (Å²) in [6, 6.07) is 3.13. The van der Waals surface area contributed by atoms with Crippen molar-refractivity contribution in [3.8, 4) is 0 Å². The standard InChI is InChI=1S/C19H22F3NO2/c1-18(11-12-6-4-3-5-7-12)15-10-13(19(20,21)22)8-9-14(15)16(24)23(2)17(18)25/h8-10,12H,3-7,11H2,1-2H3. The lowest BCUT2D eigenvalue weighted by atomic mass is 9.68. The smallest absolute Gasteiger partial charge is 0.281 e. The number of fused-ring (bicyclic) bond motifs is 1. The molecule has 6 heteroatoms. The van der Waals surface area contributed by atoms with Gasteiger partial charge in [-0.05, 0) is 43.0 Å². The molecule has 3 nitrogen and oxygen atoms in total. The molecule has 1 heterocycles. The first kappa shape index (κ1) is 18.0. The summed E-state index contributed by atoms with van der Waals surface area (Å²) in [5, 5.41) is 0. The van der Waals surface area contributed by atoms with E-state index in [1.54, 1.807) is 6.92 Å². The molecule has 1 aliphatic heterocycles. The molecular weight excluding hydrogens is 331 g/mol. The van der Waals surface area contributed by atoms with Crippen LogP contribution in [0.3, 0.4) is 0 Å². The zero-order valence-electron chi connectivity index (χ0n) is 14.4. The molecule has 2 amide bonds. The number of nitrogens with zero attached hydrogens (tertiary/aromatic N) is 1. The predicted octanol–water partition coefficient (Wildman–Crippen LogP) is 4.55. The van der Waals surface area contributed by atoms with Gasteiger partial charge >= 0.3 is 6.18 Å². The molecule has 0 N–H and O–H groups in total. The normalized spacial score (nSPS) is 25.2. The quantitative estimate of drug-likeness (QED) is 0.732. The van der Waals surface area contributed by atoms with Crippen molar-refractivity contribution >= 4 is 11.8 Å². The lowest BCUT2D eigenvalue weighted by molar-refractivity contribution is -0.138. The highest BCUT2D eigenvalue weighted by Crippen LogP contribution is 2.44. The third-order valence-electron chi connectivity index (χ3n) is 5.67. The molecule has 1 aliphatic carbocycles. The fraction of sp³-hybridized carbons (Fsp3) is 0.579. The zero-order chi connectivity index (χ0) is 18.4. The molecule has 1 aromatic carbocycles. The Bertz CT molecular complexity index is 707. The van der Waals surface area contributed by atoms with Crippen LogP contribution in [0.15, 0.2) is 18.2 Å². The minimum Gasteiger partial charge on any atom is -0.281 e. The lowest BCUT2D eigenvalue weighted by Gasteiger charge is -2.41. The van der Waals surface area contributed by atoms with Crippen molar-refractivity contribution < 1.29 is 22.8 Å². The lowest BCUT2D eigenvalue weighted by Crippen LogP contribution is -2.52. The third-order valence-corrected chi connectivity index (χ3v) is 5.67. The van der Waals surface area contributed by atoms with E-state index in [2.05, 4.69) is 0 Å². The van der Waals surface area contributed by atoms with Crippen LogP contribution in [0.1, 0.15) is 66.9 Å². The first-order chi connectivity index (χ1) is 11.6. The number of rotatable bonds is 2. The Morgan fingerprint density at radius 1 is 1.16 bits per heavy atom. The van der Waals surface area contributed by atoms with E-state index in [4.69, 9.17) is 0 Å². The van der Waals surface area contributed by atoms with Gasteiger partial charge in [-0.2, -0.15) is 13.2 Å². The molecule has 136 valence electrons. The summed E-state index contributed by atoms with van der Waals surface area (Å²) < 4.78 is 39.5. The second kappa shape index (κ2) is 6.15. The van der Waals surface area contributed by atoms with Gasteiger partial charge in [0.25, 0.3) is 5.91 Å². The van der Waals surface area contributed by atoms with Gasteiger partial charge in [0.1, 0.15) is 0 Å². The highest BCUT2D eigenvalue weighted by atomic mass is 19.4. The summed E-state index contributed by atoms with van der Waals surface area (Å²) in [4.78, 5) is 26.3. The SMILES string of the molecule is CN1C(=O)c2ccc(C(F)(F)F)cc2C(C)(CC2CCCCC2)C1=O. The maximum absolute atomic E-state index is 13.2. The number of imide groups is 1. The molecule has 1 unspecified atom stereocenters. The number of amides is 2. The number of carbonyl (C=O) groups is 2. The van der Waals surface area contributed by atoms with Crippen LogP contribution in [0.2, 0.25) is 0 Å². The first-order valence-electron chi connectivity index (χ1n) is 8.69. The van der Waals surface area contributed by atoms with Crippen LogP contribution in [-0.4, -0.2) is 23.8 Å². The van der Waals surface area contributed by atoms with Crippen LogP contribution >= 0.6 is 0 Å². The minimum absolute atomic E-state index is 0.202. The maximum Gasteiger partial charge on any atom is 0.416 e. The van der Waals surface area contributed by atoms with Gasteiger partial charge in [0.05, 0.1) is 11.0 Å². The van der Waals surface area contributed by atoms with Gasteiger partial charge in [-0.25, -0.2) is 0 Å². The largest absolute Gasteiger partial charge is 0.416 e. The van der Waals surface area contributed by atoms with Gasteiger partial charge in [0.2, 0.25) is 5.91 Å². The van der Waals surface area contributed by atoms with Crippen LogP contribution in [0, 0.1) is 5.92 Å². The van der Waals surface area contributed by atoms with Gasteiger partial charge in [-0.1, -0.05) is 32.1 Å². The van der Waals surface area contributed by atoms with Crippen molar-refractivity contribution in [2.75, 3.05) is 7.05 Å². The Morgan fingerprint density at radius 3 is 2.40 bits per heavy atom. The number of benzene rings is 1. The molecule has 3 rings (SSSR count). The monoisotopic (exact) mass is 353 g/mol. The van der Waals surface area contributed by atoms with Gasteiger partial charge in [0.15, 0.2) is 0 Å². The van der Waals surface area contributed by atoms with Crippen LogP contribution in [0.4, 0.5) is 13.2 Å². The number of hydrogen-bond acceptors (Lipinski definition) is 2. The fourth-order valence-corrected chi connectivity index (χ4v) is 4.29. The summed E-state index contributed by atoms with van der Waals surface area (Å²) in [7, 11) is 1.41. The summed E-state index contributed by atoms with van der Waals surface area (Å²) in [6.07, 6.45) is 1.27.